The lowest BCUT2D eigenvalue weighted by Crippen LogP contribution is -2.23. The second-order valence-corrected chi connectivity index (χ2v) is 2.42. The van der Waals surface area contributed by atoms with Crippen molar-refractivity contribution < 1.29 is 23.1 Å². The van der Waals surface area contributed by atoms with Gasteiger partial charge in [-0.1, -0.05) is 5.21 Å². The lowest BCUT2D eigenvalue weighted by atomic mass is 10.3. The van der Waals surface area contributed by atoms with Gasteiger partial charge in [-0.15, -0.1) is 5.10 Å². The molecular weight excluding hydrogens is 203 g/mol. The van der Waals surface area contributed by atoms with Gasteiger partial charge in [-0.3, -0.25) is 4.79 Å². The number of aliphatic hydroxyl groups is 1. The number of hydrogen-bond acceptors (Lipinski definition) is 4. The zero-order valence-corrected chi connectivity index (χ0v) is 6.82. The standard InChI is InChI=1S/C6H6F3N3O2/c7-6(8,9)5(14)4-3-12(1-2-13)11-10-4/h3,13H,1-2H2. The van der Waals surface area contributed by atoms with Crippen LogP contribution in [0.3, 0.4) is 0 Å². The molecule has 0 fully saturated rings. The zero-order chi connectivity index (χ0) is 10.8. The van der Waals surface area contributed by atoms with Crippen LogP contribution in [-0.2, 0) is 6.54 Å². The van der Waals surface area contributed by atoms with Crippen molar-refractivity contribution >= 4 is 5.78 Å². The number of Topliss-reactive ketones (excluding diaryl/α,β-unsaturated/α-hetero) is 1. The number of rotatable bonds is 3. The number of ketones is 1. The number of aliphatic hydroxyl groups excluding tert-OH is 1. The summed E-state index contributed by atoms with van der Waals surface area (Å²) in [5.74, 6) is -2.04. The first kappa shape index (κ1) is 10.6. The molecule has 0 amide bonds. The summed E-state index contributed by atoms with van der Waals surface area (Å²) < 4.78 is 36.5. The molecule has 0 saturated heterocycles. The van der Waals surface area contributed by atoms with E-state index in [4.69, 9.17) is 5.11 Å². The topological polar surface area (TPSA) is 68.0 Å². The average Bonchev–Trinajstić information content (AvgIpc) is 2.50. The van der Waals surface area contributed by atoms with Crippen LogP contribution in [0.4, 0.5) is 13.2 Å². The highest BCUT2D eigenvalue weighted by molar-refractivity contribution is 5.98. The van der Waals surface area contributed by atoms with Crippen molar-refractivity contribution in [1.82, 2.24) is 15.0 Å². The Morgan fingerprint density at radius 2 is 2.21 bits per heavy atom. The summed E-state index contributed by atoms with van der Waals surface area (Å²) >= 11 is 0. The Morgan fingerprint density at radius 3 is 2.71 bits per heavy atom. The third kappa shape index (κ3) is 2.28. The Morgan fingerprint density at radius 1 is 1.57 bits per heavy atom. The Labute approximate surface area is 76.1 Å². The summed E-state index contributed by atoms with van der Waals surface area (Å²) in [4.78, 5) is 10.6. The Kier molecular flexibility index (Phi) is 2.84. The summed E-state index contributed by atoms with van der Waals surface area (Å²) in [5, 5.41) is 14.7. The quantitative estimate of drug-likeness (QED) is 0.712. The minimum Gasteiger partial charge on any atom is -0.394 e. The molecule has 78 valence electrons. The average molecular weight is 209 g/mol. The van der Waals surface area contributed by atoms with Gasteiger partial charge in [-0.2, -0.15) is 13.2 Å². The monoisotopic (exact) mass is 209 g/mol. The molecule has 1 aromatic rings. The molecule has 5 nitrogen and oxygen atoms in total. The summed E-state index contributed by atoms with van der Waals surface area (Å²) in [6.07, 6.45) is -4.11. The van der Waals surface area contributed by atoms with Gasteiger partial charge in [0.05, 0.1) is 19.3 Å². The Balaban J connectivity index is 2.82. The summed E-state index contributed by atoms with van der Waals surface area (Å²) in [6, 6.07) is 0. The minimum absolute atomic E-state index is 0.00185. The lowest BCUT2D eigenvalue weighted by Gasteiger charge is -1.99. The van der Waals surface area contributed by atoms with Crippen LogP contribution in [0.15, 0.2) is 6.20 Å². The molecule has 0 bridgehead atoms. The molecule has 1 aromatic heterocycles. The van der Waals surface area contributed by atoms with Crippen molar-refractivity contribution in [2.45, 2.75) is 12.7 Å². The van der Waals surface area contributed by atoms with E-state index < -0.39 is 17.7 Å². The van der Waals surface area contributed by atoms with Crippen LogP contribution in [0.5, 0.6) is 0 Å². The normalized spacial score (nSPS) is 11.7. The van der Waals surface area contributed by atoms with Gasteiger partial charge in [-0.25, -0.2) is 4.68 Å². The van der Waals surface area contributed by atoms with Gasteiger partial charge in [0.15, 0.2) is 5.69 Å². The molecule has 0 aliphatic carbocycles. The summed E-state index contributed by atoms with van der Waals surface area (Å²) in [6.45, 7) is -0.291. The van der Waals surface area contributed by atoms with Crippen LogP contribution in [0, 0.1) is 0 Å². The number of aromatic nitrogens is 3. The molecule has 8 heteroatoms. The van der Waals surface area contributed by atoms with E-state index in [1.807, 2.05) is 0 Å². The fourth-order valence-electron chi connectivity index (χ4n) is 0.759. The van der Waals surface area contributed by atoms with Gasteiger partial charge in [0.1, 0.15) is 0 Å². The van der Waals surface area contributed by atoms with Crippen molar-refractivity contribution in [3.8, 4) is 0 Å². The Bertz CT molecular complexity index is 333. The molecule has 0 saturated carbocycles. The highest BCUT2D eigenvalue weighted by Crippen LogP contribution is 2.19. The SMILES string of the molecule is O=C(c1cn(CCO)nn1)C(F)(F)F. The first-order chi connectivity index (χ1) is 6.45. The van der Waals surface area contributed by atoms with Gasteiger partial charge >= 0.3 is 6.18 Å². The van der Waals surface area contributed by atoms with Crippen LogP contribution < -0.4 is 0 Å². The van der Waals surface area contributed by atoms with E-state index in [0.29, 0.717) is 0 Å². The van der Waals surface area contributed by atoms with Gasteiger partial charge in [0.2, 0.25) is 0 Å². The molecule has 0 aliphatic heterocycles. The number of nitrogens with zero attached hydrogens (tertiary/aromatic N) is 3. The van der Waals surface area contributed by atoms with Crippen LogP contribution in [0.25, 0.3) is 0 Å². The van der Waals surface area contributed by atoms with Crippen LogP contribution >= 0.6 is 0 Å². The van der Waals surface area contributed by atoms with Crippen molar-refractivity contribution in [2.75, 3.05) is 6.61 Å². The first-order valence-corrected chi connectivity index (χ1v) is 3.57. The lowest BCUT2D eigenvalue weighted by molar-refractivity contribution is -0.0888. The predicted octanol–water partition coefficient (Wildman–Crippen LogP) is 0.0154. The molecule has 0 aromatic carbocycles. The van der Waals surface area contributed by atoms with E-state index in [9.17, 15) is 18.0 Å². The first-order valence-electron chi connectivity index (χ1n) is 3.57. The van der Waals surface area contributed by atoms with E-state index in [1.54, 1.807) is 0 Å². The van der Waals surface area contributed by atoms with E-state index in [1.165, 1.54) is 0 Å². The second kappa shape index (κ2) is 3.74. The number of halogens is 3. The number of alkyl halides is 3. The highest BCUT2D eigenvalue weighted by atomic mass is 19.4. The number of carbonyl (C=O) groups is 1. The molecule has 1 rings (SSSR count). The van der Waals surface area contributed by atoms with Gasteiger partial charge in [0, 0.05) is 0 Å². The number of carbonyl (C=O) groups excluding carboxylic acids is 1. The predicted molar refractivity (Wildman–Crippen MR) is 37.5 cm³/mol. The zero-order valence-electron chi connectivity index (χ0n) is 6.82. The molecule has 0 unspecified atom stereocenters. The van der Waals surface area contributed by atoms with Crippen LogP contribution in [0.1, 0.15) is 10.5 Å². The van der Waals surface area contributed by atoms with Crippen molar-refractivity contribution in [1.29, 1.82) is 0 Å². The van der Waals surface area contributed by atoms with Crippen molar-refractivity contribution in [3.05, 3.63) is 11.9 Å². The van der Waals surface area contributed by atoms with E-state index in [-0.39, 0.29) is 13.2 Å². The maximum absolute atomic E-state index is 11.9. The third-order valence-corrected chi connectivity index (χ3v) is 1.36. The summed E-state index contributed by atoms with van der Waals surface area (Å²) in [7, 11) is 0. The molecule has 0 aliphatic rings. The maximum Gasteiger partial charge on any atom is 0.456 e. The second-order valence-electron chi connectivity index (χ2n) is 2.42. The molecule has 1 heterocycles. The van der Waals surface area contributed by atoms with E-state index in [2.05, 4.69) is 10.3 Å². The summed E-state index contributed by atoms with van der Waals surface area (Å²) in [5.41, 5.74) is -0.772. The molecule has 0 radical (unpaired) electrons. The van der Waals surface area contributed by atoms with Crippen LogP contribution in [-0.4, -0.2) is 38.7 Å². The third-order valence-electron chi connectivity index (χ3n) is 1.36. The molecule has 0 spiro atoms. The number of hydrogen-bond donors (Lipinski definition) is 1. The van der Waals surface area contributed by atoms with Crippen LogP contribution in [0.2, 0.25) is 0 Å². The molecular formula is C6H6F3N3O2. The van der Waals surface area contributed by atoms with Gasteiger partial charge < -0.3 is 5.11 Å². The largest absolute Gasteiger partial charge is 0.456 e. The van der Waals surface area contributed by atoms with Crippen molar-refractivity contribution in [2.24, 2.45) is 0 Å². The molecule has 14 heavy (non-hydrogen) atoms. The van der Waals surface area contributed by atoms with E-state index in [0.717, 1.165) is 10.9 Å². The fraction of sp³-hybridized carbons (Fsp3) is 0.500. The fourth-order valence-corrected chi connectivity index (χ4v) is 0.759. The maximum atomic E-state index is 11.9. The Hall–Kier alpha value is -1.44. The molecule has 0 atom stereocenters. The minimum atomic E-state index is -4.94. The smallest absolute Gasteiger partial charge is 0.394 e. The van der Waals surface area contributed by atoms with Gasteiger partial charge in [-0.05, 0) is 0 Å². The highest BCUT2D eigenvalue weighted by Gasteiger charge is 2.41. The van der Waals surface area contributed by atoms with Crippen molar-refractivity contribution in [3.63, 3.8) is 0 Å². The van der Waals surface area contributed by atoms with Gasteiger partial charge in [0.25, 0.3) is 5.78 Å². The van der Waals surface area contributed by atoms with E-state index >= 15 is 0 Å². The molecule has 1 N–H and O–H groups in total.